The maximum atomic E-state index is 13.3. The van der Waals surface area contributed by atoms with Crippen molar-refractivity contribution in [1.82, 2.24) is 9.62 Å². The van der Waals surface area contributed by atoms with E-state index >= 15 is 0 Å². The van der Waals surface area contributed by atoms with Crippen LogP contribution >= 0.6 is 23.2 Å². The van der Waals surface area contributed by atoms with Crippen LogP contribution in [0.3, 0.4) is 0 Å². The summed E-state index contributed by atoms with van der Waals surface area (Å²) in [7, 11) is -2.36. The maximum absolute atomic E-state index is 13.3. The molecule has 6 nitrogen and oxygen atoms in total. The van der Waals surface area contributed by atoms with E-state index in [4.69, 9.17) is 27.9 Å². The van der Waals surface area contributed by atoms with Crippen LogP contribution in [0.1, 0.15) is 24.0 Å². The number of methoxy groups -OCH3 is 1. The summed E-state index contributed by atoms with van der Waals surface area (Å²) in [5.74, 6) is 0.101. The Kier molecular flexibility index (Phi) is 6.73. The zero-order valence-electron chi connectivity index (χ0n) is 16.1. The summed E-state index contributed by atoms with van der Waals surface area (Å²) in [5.41, 5.74) is 1.31. The van der Waals surface area contributed by atoms with Crippen LogP contribution in [0.15, 0.2) is 41.3 Å². The topological polar surface area (TPSA) is 75.7 Å². The van der Waals surface area contributed by atoms with Crippen molar-refractivity contribution in [2.24, 2.45) is 0 Å². The Bertz CT molecular complexity index is 1030. The summed E-state index contributed by atoms with van der Waals surface area (Å²) in [5, 5.41) is 3.75. The van der Waals surface area contributed by atoms with Crippen LogP contribution in [0.5, 0.6) is 5.75 Å². The van der Waals surface area contributed by atoms with Crippen LogP contribution in [0, 0.1) is 6.92 Å². The Morgan fingerprint density at radius 1 is 1.24 bits per heavy atom. The Morgan fingerprint density at radius 3 is 2.69 bits per heavy atom. The summed E-state index contributed by atoms with van der Waals surface area (Å²) in [6.07, 6.45) is 1.07. The second kappa shape index (κ2) is 8.92. The van der Waals surface area contributed by atoms with Gasteiger partial charge >= 0.3 is 0 Å². The Labute approximate surface area is 180 Å². The van der Waals surface area contributed by atoms with Gasteiger partial charge in [0.25, 0.3) is 0 Å². The monoisotopic (exact) mass is 456 g/mol. The molecule has 1 aliphatic heterocycles. The van der Waals surface area contributed by atoms with Gasteiger partial charge in [0.15, 0.2) is 0 Å². The number of sulfonamides is 1. The lowest BCUT2D eigenvalue weighted by Gasteiger charge is -2.24. The van der Waals surface area contributed by atoms with Crippen molar-refractivity contribution in [1.29, 1.82) is 0 Å². The summed E-state index contributed by atoms with van der Waals surface area (Å²) in [6, 6.07) is 9.14. The van der Waals surface area contributed by atoms with E-state index in [1.54, 1.807) is 37.3 Å². The van der Waals surface area contributed by atoms with Crippen LogP contribution in [0.4, 0.5) is 0 Å². The fourth-order valence-electron chi connectivity index (χ4n) is 3.37. The fraction of sp³-hybridized carbons (Fsp3) is 0.350. The minimum atomic E-state index is -3.84. The summed E-state index contributed by atoms with van der Waals surface area (Å²) < 4.78 is 33.0. The van der Waals surface area contributed by atoms with Gasteiger partial charge < -0.3 is 10.1 Å². The van der Waals surface area contributed by atoms with E-state index in [0.717, 1.165) is 0 Å². The van der Waals surface area contributed by atoms with Crippen LogP contribution in [0.2, 0.25) is 10.0 Å². The minimum Gasteiger partial charge on any atom is -0.497 e. The van der Waals surface area contributed by atoms with Gasteiger partial charge in [-0.3, -0.25) is 4.79 Å². The third-order valence-electron chi connectivity index (χ3n) is 4.96. The largest absolute Gasteiger partial charge is 0.497 e. The van der Waals surface area contributed by atoms with Crippen molar-refractivity contribution >= 4 is 39.1 Å². The maximum Gasteiger partial charge on any atom is 0.244 e. The van der Waals surface area contributed by atoms with E-state index < -0.39 is 16.1 Å². The van der Waals surface area contributed by atoms with Crippen LogP contribution < -0.4 is 10.1 Å². The third kappa shape index (κ3) is 4.69. The second-order valence-corrected chi connectivity index (χ2v) is 9.56. The van der Waals surface area contributed by atoms with Gasteiger partial charge in [0.05, 0.1) is 12.0 Å². The Morgan fingerprint density at radius 2 is 2.00 bits per heavy atom. The second-order valence-electron chi connectivity index (χ2n) is 6.86. The highest BCUT2D eigenvalue weighted by atomic mass is 35.5. The molecule has 1 amide bonds. The van der Waals surface area contributed by atoms with Crippen LogP contribution in [-0.4, -0.2) is 38.3 Å². The number of rotatable bonds is 6. The zero-order valence-corrected chi connectivity index (χ0v) is 18.4. The van der Waals surface area contributed by atoms with Gasteiger partial charge in [-0.1, -0.05) is 35.3 Å². The first-order valence-electron chi connectivity index (χ1n) is 9.12. The molecule has 2 aromatic carbocycles. The number of carbonyl (C=O) groups excluding carboxylic acids is 1. The molecule has 0 aromatic heterocycles. The quantitative estimate of drug-likeness (QED) is 0.717. The summed E-state index contributed by atoms with van der Waals surface area (Å²) in [6.45, 7) is 2.20. The van der Waals surface area contributed by atoms with Crippen molar-refractivity contribution in [2.45, 2.75) is 37.2 Å². The predicted octanol–water partition coefficient (Wildman–Crippen LogP) is 3.78. The number of carbonyl (C=O) groups is 1. The molecule has 1 saturated heterocycles. The molecule has 0 saturated carbocycles. The number of amides is 1. The molecule has 0 spiro atoms. The number of halogens is 2. The molecular formula is C20H22Cl2N2O4S. The van der Waals surface area contributed by atoms with Gasteiger partial charge in [-0.2, -0.15) is 4.31 Å². The highest BCUT2D eigenvalue weighted by Gasteiger charge is 2.40. The van der Waals surface area contributed by atoms with E-state index in [1.807, 2.05) is 0 Å². The number of nitrogens with one attached hydrogen (secondary N) is 1. The molecule has 1 heterocycles. The average molecular weight is 457 g/mol. The molecule has 9 heteroatoms. The average Bonchev–Trinajstić information content (AvgIpc) is 3.18. The molecule has 1 aliphatic rings. The van der Waals surface area contributed by atoms with Gasteiger partial charge in [-0.25, -0.2) is 8.42 Å². The summed E-state index contributed by atoms with van der Waals surface area (Å²) >= 11 is 12.0. The minimum absolute atomic E-state index is 0.150. The molecule has 3 rings (SSSR count). The molecular weight excluding hydrogens is 435 g/mol. The van der Waals surface area contributed by atoms with Gasteiger partial charge in [0.2, 0.25) is 15.9 Å². The molecule has 156 valence electrons. The number of benzene rings is 2. The van der Waals surface area contributed by atoms with E-state index in [1.165, 1.54) is 17.5 Å². The molecule has 0 bridgehead atoms. The van der Waals surface area contributed by atoms with Gasteiger partial charge in [0.1, 0.15) is 11.8 Å². The van der Waals surface area contributed by atoms with Gasteiger partial charge in [0, 0.05) is 29.2 Å². The lowest BCUT2D eigenvalue weighted by Crippen LogP contribution is -2.45. The summed E-state index contributed by atoms with van der Waals surface area (Å²) in [4.78, 5) is 12.9. The van der Waals surface area contributed by atoms with Gasteiger partial charge in [-0.15, -0.1) is 0 Å². The van der Waals surface area contributed by atoms with Crippen molar-refractivity contribution < 1.29 is 17.9 Å². The smallest absolute Gasteiger partial charge is 0.244 e. The Hall–Kier alpha value is -1.80. The molecule has 2 aromatic rings. The highest BCUT2D eigenvalue weighted by molar-refractivity contribution is 7.89. The number of hydrogen-bond acceptors (Lipinski definition) is 4. The molecule has 0 aliphatic carbocycles. The number of ether oxygens (including phenoxy) is 1. The lowest BCUT2D eigenvalue weighted by molar-refractivity contribution is -0.124. The first-order chi connectivity index (χ1) is 13.7. The molecule has 1 N–H and O–H groups in total. The molecule has 1 fully saturated rings. The van der Waals surface area contributed by atoms with Crippen molar-refractivity contribution in [2.75, 3.05) is 13.7 Å². The highest BCUT2D eigenvalue weighted by Crippen LogP contribution is 2.30. The van der Waals surface area contributed by atoms with Crippen molar-refractivity contribution in [3.05, 3.63) is 57.6 Å². The van der Waals surface area contributed by atoms with Crippen molar-refractivity contribution in [3.8, 4) is 5.75 Å². The standard InChI is InChI=1S/C20H22Cl2N2O4S/c1-13-5-8-16(28-2)11-19(13)29(26,27)24-9-3-4-18(24)20(25)23-12-14-6-7-15(21)10-17(14)22/h5-8,10-11,18H,3-4,9,12H2,1-2H3,(H,23,25). The molecule has 0 radical (unpaired) electrons. The first-order valence-corrected chi connectivity index (χ1v) is 11.3. The zero-order chi connectivity index (χ0) is 21.2. The normalized spacial score (nSPS) is 17.3. The number of hydrogen-bond donors (Lipinski definition) is 1. The molecule has 29 heavy (non-hydrogen) atoms. The van der Waals surface area contributed by atoms with Crippen LogP contribution in [-0.2, 0) is 21.4 Å². The SMILES string of the molecule is COc1ccc(C)c(S(=O)(=O)N2CCCC2C(=O)NCc2ccc(Cl)cc2Cl)c1. The van der Waals surface area contributed by atoms with Crippen molar-refractivity contribution in [3.63, 3.8) is 0 Å². The van der Waals surface area contributed by atoms with E-state index in [-0.39, 0.29) is 17.3 Å². The van der Waals surface area contributed by atoms with E-state index in [9.17, 15) is 13.2 Å². The molecule has 1 atom stereocenters. The van der Waals surface area contributed by atoms with Gasteiger partial charge in [-0.05, 0) is 49.1 Å². The lowest BCUT2D eigenvalue weighted by atomic mass is 10.2. The fourth-order valence-corrected chi connectivity index (χ4v) is 5.74. The number of nitrogens with zero attached hydrogens (tertiary/aromatic N) is 1. The van der Waals surface area contributed by atoms with Crippen LogP contribution in [0.25, 0.3) is 0 Å². The third-order valence-corrected chi connectivity index (χ3v) is 7.59. The first kappa shape index (κ1) is 21.9. The van der Waals surface area contributed by atoms with E-state index in [2.05, 4.69) is 5.32 Å². The number of aryl methyl sites for hydroxylation is 1. The predicted molar refractivity (Wildman–Crippen MR) is 113 cm³/mol. The Balaban J connectivity index is 1.79. The van der Waals surface area contributed by atoms with E-state index in [0.29, 0.717) is 46.3 Å². The molecule has 1 unspecified atom stereocenters.